The maximum absolute atomic E-state index is 8.56. The minimum atomic E-state index is -1.83. The topological polar surface area (TPSA) is 66.8 Å². The fraction of sp³-hybridized carbons (Fsp3) is 0.667. The van der Waals surface area contributed by atoms with Crippen molar-refractivity contribution in [3.63, 3.8) is 0 Å². The molecule has 0 saturated carbocycles. The van der Waals surface area contributed by atoms with Gasteiger partial charge in [0.15, 0.2) is 0 Å². The van der Waals surface area contributed by atoms with Gasteiger partial charge in [-0.2, -0.15) is 0 Å². The van der Waals surface area contributed by atoms with Gasteiger partial charge in [0.2, 0.25) is 0 Å². The summed E-state index contributed by atoms with van der Waals surface area (Å²) in [4.78, 5) is 8.56. The first-order valence-corrected chi connectivity index (χ1v) is 4.25. The molecule has 0 spiro atoms. The number of hydrogen-bond donors (Lipinski definition) is 2. The van der Waals surface area contributed by atoms with Crippen LogP contribution in [0.5, 0.6) is 0 Å². The predicted molar refractivity (Wildman–Crippen MR) is 51.2 cm³/mol. The average molecular weight is 190 g/mol. The van der Waals surface area contributed by atoms with E-state index in [-0.39, 0.29) is 0 Å². The largest absolute Gasteiger partial charge is 0.503 e. The van der Waals surface area contributed by atoms with Gasteiger partial charge in [0.1, 0.15) is 0 Å². The van der Waals surface area contributed by atoms with Crippen LogP contribution in [0.25, 0.3) is 0 Å². The Kier molecular flexibility index (Phi) is 15.1. The molecule has 0 aliphatic carbocycles. The van der Waals surface area contributed by atoms with Crippen molar-refractivity contribution in [1.29, 1.82) is 0 Å². The van der Waals surface area contributed by atoms with Crippen LogP contribution < -0.4 is 0 Å². The summed E-state index contributed by atoms with van der Waals surface area (Å²) in [6.07, 6.45) is 3.67. The highest BCUT2D eigenvalue weighted by Crippen LogP contribution is 1.93. The van der Waals surface area contributed by atoms with Gasteiger partial charge in [0.05, 0.1) is 6.61 Å². The second-order valence-corrected chi connectivity index (χ2v) is 2.35. The summed E-state index contributed by atoms with van der Waals surface area (Å²) in [5.74, 6) is 0. The number of rotatable bonds is 6. The van der Waals surface area contributed by atoms with Gasteiger partial charge in [0.25, 0.3) is 0 Å². The van der Waals surface area contributed by atoms with E-state index < -0.39 is 6.16 Å². The lowest BCUT2D eigenvalue weighted by molar-refractivity contribution is 0.137. The van der Waals surface area contributed by atoms with E-state index in [1.807, 2.05) is 0 Å². The molecule has 0 atom stereocenters. The summed E-state index contributed by atoms with van der Waals surface area (Å²) in [6, 6.07) is 0. The Morgan fingerprint density at radius 1 is 1.46 bits per heavy atom. The molecule has 0 radical (unpaired) electrons. The molecule has 0 aromatic rings. The van der Waals surface area contributed by atoms with Crippen LogP contribution in [0.3, 0.4) is 0 Å². The van der Waals surface area contributed by atoms with Crippen molar-refractivity contribution in [1.82, 2.24) is 0 Å². The van der Waals surface area contributed by atoms with Crippen molar-refractivity contribution >= 4 is 6.16 Å². The zero-order valence-corrected chi connectivity index (χ0v) is 8.03. The highest BCUT2D eigenvalue weighted by Gasteiger charge is 1.83. The van der Waals surface area contributed by atoms with E-state index in [0.717, 1.165) is 6.61 Å². The Morgan fingerprint density at radius 2 is 2.00 bits per heavy atom. The van der Waals surface area contributed by atoms with Crippen LogP contribution in [0.15, 0.2) is 12.7 Å². The van der Waals surface area contributed by atoms with E-state index in [1.165, 1.54) is 19.3 Å². The molecule has 0 aromatic heterocycles. The zero-order valence-electron chi connectivity index (χ0n) is 8.03. The predicted octanol–water partition coefficient (Wildman–Crippen LogP) is 2.60. The normalized spacial score (nSPS) is 8.38. The minimum Gasteiger partial charge on any atom is -0.450 e. The lowest BCUT2D eigenvalue weighted by atomic mass is 10.3. The summed E-state index contributed by atoms with van der Waals surface area (Å²) >= 11 is 0. The number of carboxylic acid groups (broad SMARTS) is 2. The molecule has 13 heavy (non-hydrogen) atoms. The van der Waals surface area contributed by atoms with E-state index in [2.05, 4.69) is 13.5 Å². The van der Waals surface area contributed by atoms with Crippen LogP contribution in [0.4, 0.5) is 4.79 Å². The summed E-state index contributed by atoms with van der Waals surface area (Å²) in [5.41, 5.74) is 0. The number of hydrogen-bond acceptors (Lipinski definition) is 2. The van der Waals surface area contributed by atoms with E-state index in [9.17, 15) is 0 Å². The summed E-state index contributed by atoms with van der Waals surface area (Å²) in [5, 5.41) is 13.9. The van der Waals surface area contributed by atoms with Crippen molar-refractivity contribution in [2.45, 2.75) is 26.2 Å². The van der Waals surface area contributed by atoms with Crippen molar-refractivity contribution in [3.8, 4) is 0 Å². The Hall–Kier alpha value is -1.03. The second-order valence-electron chi connectivity index (χ2n) is 2.35. The molecule has 4 heteroatoms. The third-order valence-corrected chi connectivity index (χ3v) is 1.13. The van der Waals surface area contributed by atoms with E-state index >= 15 is 0 Å². The van der Waals surface area contributed by atoms with Gasteiger partial charge < -0.3 is 14.9 Å². The molecular weight excluding hydrogens is 172 g/mol. The van der Waals surface area contributed by atoms with Gasteiger partial charge >= 0.3 is 6.16 Å². The molecule has 0 saturated heterocycles. The van der Waals surface area contributed by atoms with Crippen LogP contribution >= 0.6 is 0 Å². The van der Waals surface area contributed by atoms with Crippen LogP contribution in [0.1, 0.15) is 26.2 Å². The molecule has 0 rings (SSSR count). The zero-order chi connectivity index (χ0) is 10.5. The van der Waals surface area contributed by atoms with Gasteiger partial charge in [-0.15, -0.1) is 6.58 Å². The van der Waals surface area contributed by atoms with Crippen LogP contribution in [-0.4, -0.2) is 29.6 Å². The van der Waals surface area contributed by atoms with Gasteiger partial charge in [-0.1, -0.05) is 25.8 Å². The Labute approximate surface area is 78.8 Å². The fourth-order valence-electron chi connectivity index (χ4n) is 0.621. The molecule has 0 bridgehead atoms. The summed E-state index contributed by atoms with van der Waals surface area (Å²) in [7, 11) is 0. The first-order valence-electron chi connectivity index (χ1n) is 4.25. The Balaban J connectivity index is 0. The third kappa shape index (κ3) is 35.7. The third-order valence-electron chi connectivity index (χ3n) is 1.13. The first kappa shape index (κ1) is 14.5. The van der Waals surface area contributed by atoms with Crippen molar-refractivity contribution in [2.75, 3.05) is 13.2 Å². The maximum atomic E-state index is 8.56. The van der Waals surface area contributed by atoms with Gasteiger partial charge in [-0.3, -0.25) is 0 Å². The molecule has 0 fully saturated rings. The highest BCUT2D eigenvalue weighted by molar-refractivity contribution is 5.53. The van der Waals surface area contributed by atoms with Crippen molar-refractivity contribution in [2.24, 2.45) is 0 Å². The average Bonchev–Trinajstić information content (AvgIpc) is 2.03. The van der Waals surface area contributed by atoms with Crippen LogP contribution in [-0.2, 0) is 4.74 Å². The Bertz CT molecular complexity index is 119. The minimum absolute atomic E-state index is 0.698. The van der Waals surface area contributed by atoms with Crippen LogP contribution in [0.2, 0.25) is 0 Å². The lowest BCUT2D eigenvalue weighted by Gasteiger charge is -1.97. The summed E-state index contributed by atoms with van der Waals surface area (Å²) < 4.78 is 5.17. The van der Waals surface area contributed by atoms with Gasteiger partial charge in [-0.25, -0.2) is 4.79 Å². The van der Waals surface area contributed by atoms with Crippen molar-refractivity contribution in [3.05, 3.63) is 12.7 Å². The van der Waals surface area contributed by atoms with Crippen molar-refractivity contribution < 1.29 is 19.7 Å². The van der Waals surface area contributed by atoms with Crippen LogP contribution in [0, 0.1) is 0 Å². The molecule has 4 nitrogen and oxygen atoms in total. The molecule has 0 amide bonds. The first-order chi connectivity index (χ1) is 6.15. The van der Waals surface area contributed by atoms with Gasteiger partial charge in [-0.05, 0) is 6.42 Å². The van der Waals surface area contributed by atoms with Gasteiger partial charge in [0, 0.05) is 6.61 Å². The van der Waals surface area contributed by atoms with E-state index in [0.29, 0.717) is 6.61 Å². The highest BCUT2D eigenvalue weighted by atomic mass is 16.6. The summed E-state index contributed by atoms with van der Waals surface area (Å²) in [6.45, 7) is 7.33. The Morgan fingerprint density at radius 3 is 2.38 bits per heavy atom. The molecule has 78 valence electrons. The molecule has 0 aromatic carbocycles. The molecule has 0 unspecified atom stereocenters. The maximum Gasteiger partial charge on any atom is 0.503 e. The quantitative estimate of drug-likeness (QED) is 0.499. The smallest absolute Gasteiger partial charge is 0.450 e. The standard InChI is InChI=1S/C8H16O.CH2O3/c1-3-5-6-8-9-7-4-2;2-1(3)4/h4H,2-3,5-8H2,1H3;(H2,2,3,4). The number of unbranched alkanes of at least 4 members (excludes halogenated alkanes) is 2. The number of carbonyl (C=O) groups is 1. The molecule has 0 heterocycles. The SMILES string of the molecule is C=CCOCCCCC.O=C(O)O. The number of ether oxygens (including phenoxy) is 1. The molecule has 0 aliphatic heterocycles. The van der Waals surface area contributed by atoms with E-state index in [4.69, 9.17) is 19.7 Å². The van der Waals surface area contributed by atoms with E-state index in [1.54, 1.807) is 6.08 Å². The lowest BCUT2D eigenvalue weighted by Crippen LogP contribution is -1.92. The fourth-order valence-corrected chi connectivity index (χ4v) is 0.621. The molecule has 2 N–H and O–H groups in total. The molecule has 0 aliphatic rings. The molecular formula is C9H18O4. The second kappa shape index (κ2) is 13.6. The monoisotopic (exact) mass is 190 g/mol.